The van der Waals surface area contributed by atoms with Crippen LogP contribution in [0.3, 0.4) is 0 Å². The van der Waals surface area contributed by atoms with Gasteiger partial charge >= 0.3 is 0 Å². The number of rotatable bonds is 4. The van der Waals surface area contributed by atoms with Crippen molar-refractivity contribution in [1.82, 2.24) is 15.1 Å². The molecule has 0 unspecified atom stereocenters. The minimum Gasteiger partial charge on any atom is -0.313 e. The zero-order valence-electron chi connectivity index (χ0n) is 10.4. The summed E-state index contributed by atoms with van der Waals surface area (Å²) in [5, 5.41) is 8.98. The van der Waals surface area contributed by atoms with Crippen LogP contribution in [0, 0.1) is 6.92 Å². The van der Waals surface area contributed by atoms with Crippen molar-refractivity contribution < 1.29 is 0 Å². The van der Waals surface area contributed by atoms with Gasteiger partial charge in [0.15, 0.2) is 0 Å². The Hall–Kier alpha value is -1.03. The summed E-state index contributed by atoms with van der Waals surface area (Å²) < 4.78 is 1.79. The second kappa shape index (κ2) is 5.74. The molecule has 5 heteroatoms. The molecule has 3 nitrogen and oxygen atoms in total. The molecular weight excluding hydrogens is 269 g/mol. The first kappa shape index (κ1) is 13.4. The molecule has 1 aromatic carbocycles. The van der Waals surface area contributed by atoms with E-state index in [2.05, 4.69) is 17.3 Å². The lowest BCUT2D eigenvalue weighted by atomic mass is 10.2. The first-order valence-corrected chi connectivity index (χ1v) is 6.58. The fraction of sp³-hybridized carbons (Fsp3) is 0.308. The van der Waals surface area contributed by atoms with Crippen molar-refractivity contribution in [3.63, 3.8) is 0 Å². The summed E-state index contributed by atoms with van der Waals surface area (Å²) >= 11 is 12.1. The van der Waals surface area contributed by atoms with E-state index in [4.69, 9.17) is 23.2 Å². The molecule has 0 fully saturated rings. The van der Waals surface area contributed by atoms with Crippen molar-refractivity contribution in [2.75, 3.05) is 6.54 Å². The third kappa shape index (κ3) is 2.86. The average Bonchev–Trinajstić information content (AvgIpc) is 2.68. The Morgan fingerprint density at radius 1 is 1.33 bits per heavy atom. The van der Waals surface area contributed by atoms with Gasteiger partial charge < -0.3 is 5.32 Å². The predicted molar refractivity (Wildman–Crippen MR) is 75.7 cm³/mol. The molecule has 1 heterocycles. The Morgan fingerprint density at radius 3 is 2.78 bits per heavy atom. The van der Waals surface area contributed by atoms with Crippen LogP contribution < -0.4 is 5.32 Å². The number of aryl methyl sites for hydroxylation is 1. The molecule has 2 rings (SSSR count). The van der Waals surface area contributed by atoms with Gasteiger partial charge in [0.05, 0.1) is 16.4 Å². The van der Waals surface area contributed by atoms with Crippen molar-refractivity contribution in [3.8, 4) is 5.69 Å². The molecule has 0 aliphatic rings. The van der Waals surface area contributed by atoms with E-state index in [0.717, 1.165) is 24.5 Å². The molecule has 0 amide bonds. The Morgan fingerprint density at radius 2 is 2.11 bits per heavy atom. The van der Waals surface area contributed by atoms with E-state index < -0.39 is 0 Å². The molecular formula is C13H15Cl2N3. The smallest absolute Gasteiger partial charge is 0.0833 e. The van der Waals surface area contributed by atoms with E-state index >= 15 is 0 Å². The Bertz CT molecular complexity index is 549. The molecule has 0 spiro atoms. The van der Waals surface area contributed by atoms with Crippen LogP contribution in [0.25, 0.3) is 5.69 Å². The van der Waals surface area contributed by atoms with E-state index in [1.54, 1.807) is 10.7 Å². The van der Waals surface area contributed by atoms with Crippen molar-refractivity contribution in [2.24, 2.45) is 0 Å². The number of nitrogens with zero attached hydrogens (tertiary/aromatic N) is 2. The third-order valence-electron chi connectivity index (χ3n) is 2.72. The summed E-state index contributed by atoms with van der Waals surface area (Å²) in [6, 6.07) is 5.40. The molecule has 18 heavy (non-hydrogen) atoms. The summed E-state index contributed by atoms with van der Waals surface area (Å²) in [4.78, 5) is 0. The van der Waals surface area contributed by atoms with Crippen molar-refractivity contribution in [1.29, 1.82) is 0 Å². The van der Waals surface area contributed by atoms with Gasteiger partial charge in [0, 0.05) is 23.3 Å². The maximum Gasteiger partial charge on any atom is 0.0833 e. The molecule has 0 atom stereocenters. The van der Waals surface area contributed by atoms with Crippen molar-refractivity contribution in [3.05, 3.63) is 45.7 Å². The highest BCUT2D eigenvalue weighted by atomic mass is 35.5. The van der Waals surface area contributed by atoms with Gasteiger partial charge in [-0.05, 0) is 31.7 Å². The second-order valence-electron chi connectivity index (χ2n) is 4.06. The fourth-order valence-corrected chi connectivity index (χ4v) is 2.21. The van der Waals surface area contributed by atoms with E-state index in [1.807, 2.05) is 25.3 Å². The molecule has 1 aromatic heterocycles. The van der Waals surface area contributed by atoms with Gasteiger partial charge in [-0.25, -0.2) is 4.68 Å². The number of nitrogens with one attached hydrogen (secondary N) is 1. The van der Waals surface area contributed by atoms with Gasteiger partial charge in [0.25, 0.3) is 0 Å². The number of aromatic nitrogens is 2. The van der Waals surface area contributed by atoms with E-state index in [0.29, 0.717) is 10.0 Å². The van der Waals surface area contributed by atoms with E-state index in [1.165, 1.54) is 5.56 Å². The highest BCUT2D eigenvalue weighted by Gasteiger charge is 2.08. The molecule has 0 bridgehead atoms. The molecule has 1 N–H and O–H groups in total. The molecule has 0 saturated carbocycles. The van der Waals surface area contributed by atoms with Crippen LogP contribution in [0.15, 0.2) is 24.4 Å². The van der Waals surface area contributed by atoms with Crippen LogP contribution in [0.2, 0.25) is 10.0 Å². The van der Waals surface area contributed by atoms with E-state index in [-0.39, 0.29) is 0 Å². The SMILES string of the molecule is CCNCc1cn(-c2ccc(Cl)cc2Cl)nc1C. The minimum atomic E-state index is 0.597. The van der Waals surface area contributed by atoms with Crippen LogP contribution in [0.5, 0.6) is 0 Å². The summed E-state index contributed by atoms with van der Waals surface area (Å²) in [7, 11) is 0. The monoisotopic (exact) mass is 283 g/mol. The van der Waals surface area contributed by atoms with Gasteiger partial charge in [-0.1, -0.05) is 30.1 Å². The largest absolute Gasteiger partial charge is 0.313 e. The van der Waals surface area contributed by atoms with Crippen LogP contribution in [0.1, 0.15) is 18.2 Å². The Labute approximate surface area is 117 Å². The molecule has 0 aliphatic carbocycles. The van der Waals surface area contributed by atoms with Crippen LogP contribution in [-0.4, -0.2) is 16.3 Å². The van der Waals surface area contributed by atoms with Gasteiger partial charge in [-0.15, -0.1) is 0 Å². The van der Waals surface area contributed by atoms with Crippen molar-refractivity contribution in [2.45, 2.75) is 20.4 Å². The number of benzene rings is 1. The maximum absolute atomic E-state index is 6.17. The molecule has 96 valence electrons. The topological polar surface area (TPSA) is 29.9 Å². The lowest BCUT2D eigenvalue weighted by Gasteiger charge is -2.04. The van der Waals surface area contributed by atoms with Gasteiger partial charge in [-0.3, -0.25) is 0 Å². The predicted octanol–water partition coefficient (Wildman–Crippen LogP) is 3.60. The zero-order chi connectivity index (χ0) is 13.1. The van der Waals surface area contributed by atoms with Gasteiger partial charge in [0.2, 0.25) is 0 Å². The molecule has 0 aliphatic heterocycles. The van der Waals surface area contributed by atoms with Gasteiger partial charge in [0.1, 0.15) is 0 Å². The maximum atomic E-state index is 6.17. The number of hydrogen-bond donors (Lipinski definition) is 1. The number of halogens is 2. The second-order valence-corrected chi connectivity index (χ2v) is 4.90. The normalized spacial score (nSPS) is 10.9. The standard InChI is InChI=1S/C13H15Cl2N3/c1-3-16-7-10-8-18(17-9(10)2)13-5-4-11(14)6-12(13)15/h4-6,8,16H,3,7H2,1-2H3. The molecule has 0 saturated heterocycles. The average molecular weight is 284 g/mol. The third-order valence-corrected chi connectivity index (χ3v) is 3.26. The minimum absolute atomic E-state index is 0.597. The molecule has 2 aromatic rings. The Kier molecular flexibility index (Phi) is 4.27. The van der Waals surface area contributed by atoms with Crippen LogP contribution in [0.4, 0.5) is 0 Å². The lowest BCUT2D eigenvalue weighted by Crippen LogP contribution is -2.11. The summed E-state index contributed by atoms with van der Waals surface area (Å²) in [6.07, 6.45) is 1.99. The number of hydrogen-bond acceptors (Lipinski definition) is 2. The van der Waals surface area contributed by atoms with Crippen LogP contribution in [-0.2, 0) is 6.54 Å². The lowest BCUT2D eigenvalue weighted by molar-refractivity contribution is 0.723. The first-order valence-electron chi connectivity index (χ1n) is 5.83. The summed E-state index contributed by atoms with van der Waals surface area (Å²) in [6.45, 7) is 5.82. The highest BCUT2D eigenvalue weighted by molar-refractivity contribution is 6.35. The first-order chi connectivity index (χ1) is 8.61. The Balaban J connectivity index is 2.33. The van der Waals surface area contributed by atoms with Crippen molar-refractivity contribution >= 4 is 23.2 Å². The van der Waals surface area contributed by atoms with E-state index in [9.17, 15) is 0 Å². The quantitative estimate of drug-likeness (QED) is 0.929. The zero-order valence-corrected chi connectivity index (χ0v) is 11.9. The molecule has 0 radical (unpaired) electrons. The highest BCUT2D eigenvalue weighted by Crippen LogP contribution is 2.24. The van der Waals surface area contributed by atoms with Crippen LogP contribution >= 0.6 is 23.2 Å². The van der Waals surface area contributed by atoms with Gasteiger partial charge in [-0.2, -0.15) is 5.10 Å². The summed E-state index contributed by atoms with van der Waals surface area (Å²) in [5.74, 6) is 0. The fourth-order valence-electron chi connectivity index (χ4n) is 1.72. The summed E-state index contributed by atoms with van der Waals surface area (Å²) in [5.41, 5.74) is 3.01.